The number of rotatable bonds is 1. The van der Waals surface area contributed by atoms with E-state index in [1.165, 1.54) is 11.0 Å². The number of hydrogen-bond donors (Lipinski definition) is 1. The predicted molar refractivity (Wildman–Crippen MR) is 77.5 cm³/mol. The highest BCUT2D eigenvalue weighted by Crippen LogP contribution is 2.30. The van der Waals surface area contributed by atoms with Crippen molar-refractivity contribution in [2.45, 2.75) is 44.8 Å². The summed E-state index contributed by atoms with van der Waals surface area (Å²) in [5, 5.41) is 10.2. The van der Waals surface area contributed by atoms with Crippen LogP contribution < -0.4 is 0 Å². The maximum atomic E-state index is 13.3. The lowest BCUT2D eigenvalue weighted by Gasteiger charge is -2.36. The molecule has 0 saturated carbocycles. The third-order valence-electron chi connectivity index (χ3n) is 3.61. The highest BCUT2D eigenvalue weighted by Gasteiger charge is 2.33. The maximum Gasteiger partial charge on any atom is 0.410 e. The Bertz CT molecular complexity index is 557. The highest BCUT2D eigenvalue weighted by molar-refractivity contribution is 5.68. The molecule has 1 aromatic rings. The number of carbonyl (C=O) groups is 1. The molecule has 0 spiro atoms. The Morgan fingerprint density at radius 3 is 2.55 bits per heavy atom. The van der Waals surface area contributed by atoms with Gasteiger partial charge in [0.2, 0.25) is 0 Å². The van der Waals surface area contributed by atoms with Crippen molar-refractivity contribution in [3.8, 4) is 0 Å². The molecule has 1 aromatic carbocycles. The molecule has 0 aliphatic carbocycles. The first-order valence-electron chi connectivity index (χ1n) is 7.28. The lowest BCUT2D eigenvalue weighted by atomic mass is 9.87. The third-order valence-corrected chi connectivity index (χ3v) is 3.61. The van der Waals surface area contributed by atoms with Gasteiger partial charge in [0, 0.05) is 12.5 Å². The van der Waals surface area contributed by atoms with E-state index in [4.69, 9.17) is 4.74 Å². The SMILES string of the molecule is CC(C)(C)OC(=O)N1CC[C@H](c2ccc(F)c(F)c2)[C@H](O)C1. The summed E-state index contributed by atoms with van der Waals surface area (Å²) in [5.74, 6) is -2.17. The minimum atomic E-state index is -0.931. The molecule has 1 heterocycles. The van der Waals surface area contributed by atoms with Crippen LogP contribution in [-0.2, 0) is 4.74 Å². The Balaban J connectivity index is 2.03. The first-order chi connectivity index (χ1) is 10.2. The van der Waals surface area contributed by atoms with E-state index in [0.29, 0.717) is 18.5 Å². The van der Waals surface area contributed by atoms with Gasteiger partial charge in [-0.3, -0.25) is 0 Å². The van der Waals surface area contributed by atoms with Crippen LogP contribution in [0, 0.1) is 11.6 Å². The summed E-state index contributed by atoms with van der Waals surface area (Å²) in [6.45, 7) is 5.83. The fourth-order valence-electron chi connectivity index (χ4n) is 2.56. The molecule has 122 valence electrons. The number of likely N-dealkylation sites (tertiary alicyclic amines) is 1. The standard InChI is InChI=1S/C16H21F2NO3/c1-16(2,3)22-15(21)19-7-6-11(14(20)9-19)10-4-5-12(17)13(18)8-10/h4-5,8,11,14,20H,6-7,9H2,1-3H3/t11-,14-/m1/s1. The summed E-state index contributed by atoms with van der Waals surface area (Å²) < 4.78 is 31.6. The molecular weight excluding hydrogens is 292 g/mol. The number of aliphatic hydroxyl groups is 1. The van der Waals surface area contributed by atoms with Crippen LogP contribution >= 0.6 is 0 Å². The molecule has 0 unspecified atom stereocenters. The van der Waals surface area contributed by atoms with Crippen molar-refractivity contribution in [1.82, 2.24) is 4.90 Å². The summed E-state index contributed by atoms with van der Waals surface area (Å²) in [5.41, 5.74) is -0.0610. The van der Waals surface area contributed by atoms with Gasteiger partial charge in [0.05, 0.1) is 12.6 Å². The van der Waals surface area contributed by atoms with Crippen LogP contribution in [0.1, 0.15) is 38.7 Å². The summed E-state index contributed by atoms with van der Waals surface area (Å²) in [4.78, 5) is 13.4. The van der Waals surface area contributed by atoms with Crippen LogP contribution in [0.4, 0.5) is 13.6 Å². The van der Waals surface area contributed by atoms with E-state index in [1.807, 2.05) is 0 Å². The third kappa shape index (κ3) is 3.94. The predicted octanol–water partition coefficient (Wildman–Crippen LogP) is 3.05. The number of nitrogens with zero attached hydrogens (tertiary/aromatic N) is 1. The van der Waals surface area contributed by atoms with Crippen molar-refractivity contribution < 1.29 is 23.4 Å². The van der Waals surface area contributed by atoms with Crippen LogP contribution in [-0.4, -0.2) is 40.9 Å². The summed E-state index contributed by atoms with van der Waals surface area (Å²) in [6.07, 6.45) is -0.854. The van der Waals surface area contributed by atoms with Crippen molar-refractivity contribution in [3.05, 3.63) is 35.4 Å². The number of β-amino-alcohol motifs (C(OH)–C–C–N with tert-alkyl or cyclic N) is 1. The number of piperidine rings is 1. The van der Waals surface area contributed by atoms with Crippen molar-refractivity contribution in [2.75, 3.05) is 13.1 Å². The van der Waals surface area contributed by atoms with E-state index in [-0.39, 0.29) is 12.5 Å². The summed E-state index contributed by atoms with van der Waals surface area (Å²) >= 11 is 0. The minimum Gasteiger partial charge on any atom is -0.444 e. The Morgan fingerprint density at radius 2 is 2.00 bits per heavy atom. The second-order valence-electron chi connectivity index (χ2n) is 6.56. The lowest BCUT2D eigenvalue weighted by Crippen LogP contribution is -2.47. The maximum absolute atomic E-state index is 13.3. The number of halogens is 2. The topological polar surface area (TPSA) is 49.8 Å². The van der Waals surface area contributed by atoms with Gasteiger partial charge in [0.1, 0.15) is 5.60 Å². The average molecular weight is 313 g/mol. The van der Waals surface area contributed by atoms with E-state index in [9.17, 15) is 18.7 Å². The first-order valence-corrected chi connectivity index (χ1v) is 7.28. The fourth-order valence-corrected chi connectivity index (χ4v) is 2.56. The van der Waals surface area contributed by atoms with Crippen LogP contribution in [0.3, 0.4) is 0 Å². The first kappa shape index (κ1) is 16.7. The van der Waals surface area contributed by atoms with Gasteiger partial charge in [0.25, 0.3) is 0 Å². The second kappa shape index (κ2) is 6.20. The van der Waals surface area contributed by atoms with E-state index in [0.717, 1.165) is 12.1 Å². The Morgan fingerprint density at radius 1 is 1.32 bits per heavy atom. The van der Waals surface area contributed by atoms with Crippen molar-refractivity contribution in [1.29, 1.82) is 0 Å². The van der Waals surface area contributed by atoms with E-state index >= 15 is 0 Å². The van der Waals surface area contributed by atoms with Crippen LogP contribution in [0.2, 0.25) is 0 Å². The van der Waals surface area contributed by atoms with E-state index < -0.39 is 29.4 Å². The van der Waals surface area contributed by atoms with Crippen molar-refractivity contribution in [2.24, 2.45) is 0 Å². The summed E-state index contributed by atoms with van der Waals surface area (Å²) in [6, 6.07) is 3.62. The number of amides is 1. The molecule has 1 saturated heterocycles. The second-order valence-corrected chi connectivity index (χ2v) is 6.56. The number of benzene rings is 1. The van der Waals surface area contributed by atoms with Gasteiger partial charge >= 0.3 is 6.09 Å². The zero-order valence-corrected chi connectivity index (χ0v) is 13.0. The Hall–Kier alpha value is -1.69. The van der Waals surface area contributed by atoms with Crippen molar-refractivity contribution >= 4 is 6.09 Å². The number of hydrogen-bond acceptors (Lipinski definition) is 3. The molecule has 0 radical (unpaired) electrons. The van der Waals surface area contributed by atoms with Gasteiger partial charge in [-0.25, -0.2) is 13.6 Å². The number of aliphatic hydroxyl groups excluding tert-OH is 1. The molecule has 1 aliphatic heterocycles. The van der Waals surface area contributed by atoms with Crippen LogP contribution in [0.25, 0.3) is 0 Å². The average Bonchev–Trinajstić information content (AvgIpc) is 2.40. The smallest absolute Gasteiger partial charge is 0.410 e. The zero-order chi connectivity index (χ0) is 16.5. The molecule has 1 amide bonds. The summed E-state index contributed by atoms with van der Waals surface area (Å²) in [7, 11) is 0. The molecule has 1 fully saturated rings. The molecule has 2 rings (SSSR count). The molecular formula is C16H21F2NO3. The van der Waals surface area contributed by atoms with Gasteiger partial charge in [0.15, 0.2) is 11.6 Å². The lowest BCUT2D eigenvalue weighted by molar-refractivity contribution is -0.00155. The van der Waals surface area contributed by atoms with E-state index in [2.05, 4.69) is 0 Å². The Labute approximate surface area is 128 Å². The van der Waals surface area contributed by atoms with Gasteiger partial charge in [-0.1, -0.05) is 6.07 Å². The monoisotopic (exact) mass is 313 g/mol. The van der Waals surface area contributed by atoms with Crippen LogP contribution in [0.5, 0.6) is 0 Å². The van der Waals surface area contributed by atoms with E-state index in [1.54, 1.807) is 20.8 Å². The zero-order valence-electron chi connectivity index (χ0n) is 13.0. The number of carbonyl (C=O) groups excluding carboxylic acids is 1. The molecule has 0 bridgehead atoms. The largest absolute Gasteiger partial charge is 0.444 e. The van der Waals surface area contributed by atoms with Gasteiger partial charge in [-0.15, -0.1) is 0 Å². The van der Waals surface area contributed by atoms with Crippen molar-refractivity contribution in [3.63, 3.8) is 0 Å². The fraction of sp³-hybridized carbons (Fsp3) is 0.562. The molecule has 22 heavy (non-hydrogen) atoms. The quantitative estimate of drug-likeness (QED) is 0.867. The minimum absolute atomic E-state index is 0.110. The van der Waals surface area contributed by atoms with Gasteiger partial charge in [-0.2, -0.15) is 0 Å². The molecule has 1 N–H and O–H groups in total. The normalized spacial score (nSPS) is 22.5. The Kier molecular flexibility index (Phi) is 4.70. The van der Waals surface area contributed by atoms with Gasteiger partial charge < -0.3 is 14.7 Å². The molecule has 0 aromatic heterocycles. The molecule has 1 aliphatic rings. The molecule has 4 nitrogen and oxygen atoms in total. The van der Waals surface area contributed by atoms with Gasteiger partial charge in [-0.05, 0) is 44.9 Å². The number of ether oxygens (including phenoxy) is 1. The highest BCUT2D eigenvalue weighted by atomic mass is 19.2. The van der Waals surface area contributed by atoms with Crippen LogP contribution in [0.15, 0.2) is 18.2 Å². The molecule has 6 heteroatoms. The molecule has 2 atom stereocenters.